The molecule has 174 valence electrons. The first-order chi connectivity index (χ1) is 16.3. The zero-order valence-electron chi connectivity index (χ0n) is 19.1. The van der Waals surface area contributed by atoms with E-state index in [0.717, 1.165) is 5.56 Å². The SMILES string of the molecule is COC(=O)Cc1c(S(=O)(=O)c2ccc(C)cc2)nc(-c2ccccc2)n1-c1ccc(OC)cc1. The van der Waals surface area contributed by atoms with Gasteiger partial charge in [0.2, 0.25) is 9.84 Å². The van der Waals surface area contributed by atoms with Crippen LogP contribution in [0.15, 0.2) is 88.8 Å². The summed E-state index contributed by atoms with van der Waals surface area (Å²) in [6, 6.07) is 22.9. The Balaban J connectivity index is 2.03. The fourth-order valence-corrected chi connectivity index (χ4v) is 5.03. The molecule has 0 atom stereocenters. The van der Waals surface area contributed by atoms with E-state index in [2.05, 4.69) is 4.98 Å². The van der Waals surface area contributed by atoms with Crippen LogP contribution in [0, 0.1) is 6.92 Å². The van der Waals surface area contributed by atoms with E-state index in [1.165, 1.54) is 7.11 Å². The number of sulfone groups is 1. The van der Waals surface area contributed by atoms with Crippen molar-refractivity contribution in [1.82, 2.24) is 9.55 Å². The molecule has 0 aliphatic carbocycles. The number of carbonyl (C=O) groups is 1. The molecule has 0 aliphatic heterocycles. The smallest absolute Gasteiger partial charge is 0.311 e. The maximum Gasteiger partial charge on any atom is 0.311 e. The van der Waals surface area contributed by atoms with Crippen molar-refractivity contribution in [3.8, 4) is 22.8 Å². The number of imidazole rings is 1. The highest BCUT2D eigenvalue weighted by molar-refractivity contribution is 7.91. The topological polar surface area (TPSA) is 87.5 Å². The van der Waals surface area contributed by atoms with E-state index >= 15 is 0 Å². The molecule has 4 rings (SSSR count). The summed E-state index contributed by atoms with van der Waals surface area (Å²) in [5, 5.41) is -0.184. The minimum atomic E-state index is -4.04. The predicted molar refractivity (Wildman–Crippen MR) is 128 cm³/mol. The van der Waals surface area contributed by atoms with Crippen LogP contribution in [0.4, 0.5) is 0 Å². The molecular formula is C26H24N2O5S. The quantitative estimate of drug-likeness (QED) is 0.367. The van der Waals surface area contributed by atoms with Gasteiger partial charge in [-0.25, -0.2) is 13.4 Å². The van der Waals surface area contributed by atoms with E-state index in [4.69, 9.17) is 9.47 Å². The van der Waals surface area contributed by atoms with Gasteiger partial charge in [0.15, 0.2) is 5.03 Å². The highest BCUT2D eigenvalue weighted by atomic mass is 32.2. The molecule has 0 bridgehead atoms. The van der Waals surface area contributed by atoms with E-state index in [-0.39, 0.29) is 22.0 Å². The molecule has 1 aromatic heterocycles. The lowest BCUT2D eigenvalue weighted by Crippen LogP contribution is -2.14. The number of nitrogens with zero attached hydrogens (tertiary/aromatic N) is 2. The van der Waals surface area contributed by atoms with Crippen LogP contribution in [-0.4, -0.2) is 38.2 Å². The molecule has 8 heteroatoms. The van der Waals surface area contributed by atoms with E-state index in [0.29, 0.717) is 22.8 Å². The summed E-state index contributed by atoms with van der Waals surface area (Å²) < 4.78 is 39.3. The van der Waals surface area contributed by atoms with E-state index in [1.807, 2.05) is 37.3 Å². The molecule has 0 radical (unpaired) electrons. The Morgan fingerprint density at radius 2 is 1.56 bits per heavy atom. The zero-order chi connectivity index (χ0) is 24.3. The van der Waals surface area contributed by atoms with Crippen LogP contribution in [0.25, 0.3) is 17.1 Å². The first kappa shape index (κ1) is 23.3. The number of hydrogen-bond acceptors (Lipinski definition) is 6. The number of esters is 1. The van der Waals surface area contributed by atoms with Gasteiger partial charge >= 0.3 is 5.97 Å². The van der Waals surface area contributed by atoms with Gasteiger partial charge in [-0.1, -0.05) is 48.0 Å². The fourth-order valence-electron chi connectivity index (χ4n) is 3.63. The first-order valence-corrected chi connectivity index (χ1v) is 12.0. The average molecular weight is 477 g/mol. The van der Waals surface area contributed by atoms with Crippen molar-refractivity contribution in [1.29, 1.82) is 0 Å². The number of carbonyl (C=O) groups excluding carboxylic acids is 1. The number of ether oxygens (including phenoxy) is 2. The van der Waals surface area contributed by atoms with Gasteiger partial charge in [-0.2, -0.15) is 0 Å². The third kappa shape index (κ3) is 4.45. The number of methoxy groups -OCH3 is 2. The second-order valence-electron chi connectivity index (χ2n) is 7.66. The van der Waals surface area contributed by atoms with Crippen LogP contribution in [0.5, 0.6) is 5.75 Å². The van der Waals surface area contributed by atoms with Crippen LogP contribution in [0.3, 0.4) is 0 Å². The van der Waals surface area contributed by atoms with Crippen LogP contribution in [-0.2, 0) is 25.8 Å². The Morgan fingerprint density at radius 3 is 2.15 bits per heavy atom. The van der Waals surface area contributed by atoms with Crippen molar-refractivity contribution in [2.45, 2.75) is 23.3 Å². The third-order valence-corrected chi connectivity index (χ3v) is 7.15. The molecule has 0 saturated heterocycles. The summed E-state index contributed by atoms with van der Waals surface area (Å²) >= 11 is 0. The van der Waals surface area contributed by atoms with Crippen LogP contribution < -0.4 is 4.74 Å². The van der Waals surface area contributed by atoms with Crippen molar-refractivity contribution >= 4 is 15.8 Å². The molecule has 4 aromatic rings. The summed E-state index contributed by atoms with van der Waals surface area (Å²) in [4.78, 5) is 17.1. The Hall–Kier alpha value is -3.91. The third-order valence-electron chi connectivity index (χ3n) is 5.42. The van der Waals surface area contributed by atoms with Gasteiger partial charge in [-0.15, -0.1) is 0 Å². The lowest BCUT2D eigenvalue weighted by Gasteiger charge is -2.13. The van der Waals surface area contributed by atoms with Crippen LogP contribution in [0.2, 0.25) is 0 Å². The van der Waals surface area contributed by atoms with Crippen molar-refractivity contribution in [3.05, 3.63) is 90.1 Å². The van der Waals surface area contributed by atoms with Crippen molar-refractivity contribution in [2.75, 3.05) is 14.2 Å². The Morgan fingerprint density at radius 1 is 0.912 bits per heavy atom. The largest absolute Gasteiger partial charge is 0.497 e. The summed E-state index contributed by atoms with van der Waals surface area (Å²) in [6.07, 6.45) is -0.275. The van der Waals surface area contributed by atoms with Gasteiger partial charge in [0.05, 0.1) is 31.2 Å². The minimum Gasteiger partial charge on any atom is -0.497 e. The number of aromatic nitrogens is 2. The molecule has 0 amide bonds. The maximum atomic E-state index is 13.7. The van der Waals surface area contributed by atoms with E-state index in [9.17, 15) is 13.2 Å². The number of hydrogen-bond donors (Lipinski definition) is 0. The Labute approximate surface area is 198 Å². The fraction of sp³-hybridized carbons (Fsp3) is 0.154. The summed E-state index contributed by atoms with van der Waals surface area (Å²) in [5.41, 5.74) is 2.49. The maximum absolute atomic E-state index is 13.7. The lowest BCUT2D eigenvalue weighted by molar-refractivity contribution is -0.139. The molecule has 0 unspecified atom stereocenters. The number of benzene rings is 3. The molecule has 0 fully saturated rings. The van der Waals surface area contributed by atoms with Gasteiger partial charge in [-0.05, 0) is 43.3 Å². The number of aryl methyl sites for hydroxylation is 1. The normalized spacial score (nSPS) is 11.3. The van der Waals surface area contributed by atoms with Gasteiger partial charge < -0.3 is 9.47 Å². The Kier molecular flexibility index (Phi) is 6.51. The predicted octanol–water partition coefficient (Wildman–Crippen LogP) is 4.40. The molecule has 34 heavy (non-hydrogen) atoms. The highest BCUT2D eigenvalue weighted by Gasteiger charge is 2.31. The second kappa shape index (κ2) is 9.52. The standard InChI is InChI=1S/C26H24N2O5S/c1-18-9-15-22(16-10-18)34(30,31)26-23(17-24(29)33-3)28(20-11-13-21(32-2)14-12-20)25(27-26)19-7-5-4-6-8-19/h4-16H,17H2,1-3H3. The molecule has 0 saturated carbocycles. The number of rotatable bonds is 7. The van der Waals surface area contributed by atoms with Crippen molar-refractivity contribution in [3.63, 3.8) is 0 Å². The molecular weight excluding hydrogens is 452 g/mol. The molecule has 7 nitrogen and oxygen atoms in total. The van der Waals surface area contributed by atoms with E-state index in [1.54, 1.807) is 60.2 Å². The lowest BCUT2D eigenvalue weighted by atomic mass is 10.2. The zero-order valence-corrected chi connectivity index (χ0v) is 19.9. The van der Waals surface area contributed by atoms with Gasteiger partial charge in [0, 0.05) is 11.3 Å². The molecule has 0 aliphatic rings. The van der Waals surface area contributed by atoms with Crippen molar-refractivity contribution < 1.29 is 22.7 Å². The van der Waals surface area contributed by atoms with Gasteiger partial charge in [0.1, 0.15) is 11.6 Å². The van der Waals surface area contributed by atoms with E-state index < -0.39 is 15.8 Å². The van der Waals surface area contributed by atoms with Crippen LogP contribution >= 0.6 is 0 Å². The average Bonchev–Trinajstić information content (AvgIpc) is 3.24. The summed E-state index contributed by atoms with van der Waals surface area (Å²) in [6.45, 7) is 1.88. The molecule has 1 heterocycles. The monoisotopic (exact) mass is 476 g/mol. The van der Waals surface area contributed by atoms with Crippen LogP contribution in [0.1, 0.15) is 11.3 Å². The molecule has 0 N–H and O–H groups in total. The van der Waals surface area contributed by atoms with Crippen molar-refractivity contribution in [2.24, 2.45) is 0 Å². The molecule has 3 aromatic carbocycles. The van der Waals surface area contributed by atoms with Gasteiger partial charge in [0.25, 0.3) is 0 Å². The first-order valence-electron chi connectivity index (χ1n) is 10.5. The highest BCUT2D eigenvalue weighted by Crippen LogP contribution is 2.33. The minimum absolute atomic E-state index is 0.100. The molecule has 0 spiro atoms. The second-order valence-corrected chi connectivity index (χ2v) is 9.52. The Bertz CT molecular complexity index is 1410. The van der Waals surface area contributed by atoms with Gasteiger partial charge in [-0.3, -0.25) is 9.36 Å². The summed E-state index contributed by atoms with van der Waals surface area (Å²) in [7, 11) is -1.20. The summed E-state index contributed by atoms with van der Waals surface area (Å²) in [5.74, 6) is 0.470.